The SMILES string of the molecule is CCCOCCc1ocnc1C(=O)OCC. The highest BCUT2D eigenvalue weighted by Crippen LogP contribution is 2.09. The van der Waals surface area contributed by atoms with E-state index in [1.54, 1.807) is 6.92 Å². The molecule has 1 aromatic heterocycles. The summed E-state index contributed by atoms with van der Waals surface area (Å²) < 4.78 is 15.3. The van der Waals surface area contributed by atoms with Crippen LogP contribution in [0.2, 0.25) is 0 Å². The van der Waals surface area contributed by atoms with Crippen molar-refractivity contribution in [3.05, 3.63) is 17.8 Å². The number of oxazole rings is 1. The second-order valence-corrected chi connectivity index (χ2v) is 3.21. The smallest absolute Gasteiger partial charge is 0.360 e. The molecule has 1 aromatic rings. The summed E-state index contributed by atoms with van der Waals surface area (Å²) in [4.78, 5) is 15.3. The lowest BCUT2D eigenvalue weighted by Gasteiger charge is -2.02. The number of ether oxygens (including phenoxy) is 2. The molecule has 0 saturated heterocycles. The second-order valence-electron chi connectivity index (χ2n) is 3.21. The predicted octanol–water partition coefficient (Wildman–Crippen LogP) is 1.82. The minimum Gasteiger partial charge on any atom is -0.461 e. The first-order valence-corrected chi connectivity index (χ1v) is 5.46. The van der Waals surface area contributed by atoms with Crippen molar-refractivity contribution in [1.82, 2.24) is 4.98 Å². The van der Waals surface area contributed by atoms with Crippen LogP contribution in [-0.2, 0) is 15.9 Å². The molecular weight excluding hydrogens is 210 g/mol. The lowest BCUT2D eigenvalue weighted by molar-refractivity contribution is 0.0516. The number of rotatable bonds is 7. The highest BCUT2D eigenvalue weighted by molar-refractivity contribution is 5.88. The molecule has 0 amide bonds. The van der Waals surface area contributed by atoms with Crippen molar-refractivity contribution in [2.75, 3.05) is 19.8 Å². The lowest BCUT2D eigenvalue weighted by Crippen LogP contribution is -2.09. The number of carbonyl (C=O) groups is 1. The molecule has 0 radical (unpaired) electrons. The number of carbonyl (C=O) groups excluding carboxylic acids is 1. The predicted molar refractivity (Wildman–Crippen MR) is 57.3 cm³/mol. The summed E-state index contributed by atoms with van der Waals surface area (Å²) in [6.07, 6.45) is 2.76. The summed E-state index contributed by atoms with van der Waals surface area (Å²) in [6.45, 7) is 5.36. The Labute approximate surface area is 94.8 Å². The van der Waals surface area contributed by atoms with Crippen LogP contribution in [0.5, 0.6) is 0 Å². The first kappa shape index (κ1) is 12.7. The molecule has 1 rings (SSSR count). The average molecular weight is 227 g/mol. The van der Waals surface area contributed by atoms with E-state index in [-0.39, 0.29) is 5.69 Å². The van der Waals surface area contributed by atoms with Crippen LogP contribution >= 0.6 is 0 Å². The number of esters is 1. The van der Waals surface area contributed by atoms with Crippen LogP contribution in [0.15, 0.2) is 10.8 Å². The fraction of sp³-hybridized carbons (Fsp3) is 0.636. The summed E-state index contributed by atoms with van der Waals surface area (Å²) in [5.41, 5.74) is 0.252. The molecule has 16 heavy (non-hydrogen) atoms. The Bertz CT molecular complexity index is 322. The molecule has 0 aliphatic carbocycles. The van der Waals surface area contributed by atoms with Crippen molar-refractivity contribution >= 4 is 5.97 Å². The van der Waals surface area contributed by atoms with Crippen LogP contribution in [0.1, 0.15) is 36.5 Å². The number of hydrogen-bond donors (Lipinski definition) is 0. The first-order chi connectivity index (χ1) is 7.79. The molecule has 90 valence electrons. The molecular formula is C11H17NO4. The van der Waals surface area contributed by atoms with Gasteiger partial charge in [0.1, 0.15) is 5.76 Å². The van der Waals surface area contributed by atoms with E-state index >= 15 is 0 Å². The van der Waals surface area contributed by atoms with E-state index in [4.69, 9.17) is 13.9 Å². The molecule has 0 N–H and O–H groups in total. The molecule has 0 unspecified atom stereocenters. The minimum atomic E-state index is -0.443. The third-order valence-electron chi connectivity index (χ3n) is 1.93. The largest absolute Gasteiger partial charge is 0.461 e. The zero-order valence-corrected chi connectivity index (χ0v) is 9.69. The van der Waals surface area contributed by atoms with E-state index in [9.17, 15) is 4.79 Å². The van der Waals surface area contributed by atoms with Gasteiger partial charge < -0.3 is 13.9 Å². The zero-order valence-electron chi connectivity index (χ0n) is 9.69. The van der Waals surface area contributed by atoms with Crippen LogP contribution in [0.4, 0.5) is 0 Å². The standard InChI is InChI=1S/C11H17NO4/c1-3-6-14-7-5-9-10(12-8-16-9)11(13)15-4-2/h8H,3-7H2,1-2H3. The third-order valence-corrected chi connectivity index (χ3v) is 1.93. The van der Waals surface area contributed by atoms with Crippen molar-refractivity contribution in [3.8, 4) is 0 Å². The van der Waals surface area contributed by atoms with Gasteiger partial charge in [0.25, 0.3) is 0 Å². The van der Waals surface area contributed by atoms with E-state index in [0.717, 1.165) is 6.42 Å². The van der Waals surface area contributed by atoms with Crippen LogP contribution in [0.25, 0.3) is 0 Å². The quantitative estimate of drug-likeness (QED) is 0.525. The van der Waals surface area contributed by atoms with Gasteiger partial charge in [-0.2, -0.15) is 0 Å². The summed E-state index contributed by atoms with van der Waals surface area (Å²) in [7, 11) is 0. The summed E-state index contributed by atoms with van der Waals surface area (Å²) in [5, 5.41) is 0. The average Bonchev–Trinajstić information content (AvgIpc) is 2.73. The number of nitrogens with zero attached hydrogens (tertiary/aromatic N) is 1. The van der Waals surface area contributed by atoms with Crippen molar-refractivity contribution < 1.29 is 18.7 Å². The molecule has 0 fully saturated rings. The van der Waals surface area contributed by atoms with Gasteiger partial charge >= 0.3 is 5.97 Å². The summed E-state index contributed by atoms with van der Waals surface area (Å²) in [6, 6.07) is 0. The van der Waals surface area contributed by atoms with E-state index in [2.05, 4.69) is 4.98 Å². The molecule has 0 spiro atoms. The Morgan fingerprint density at radius 1 is 1.44 bits per heavy atom. The molecule has 0 aromatic carbocycles. The Morgan fingerprint density at radius 3 is 2.94 bits per heavy atom. The summed E-state index contributed by atoms with van der Waals surface area (Å²) >= 11 is 0. The van der Waals surface area contributed by atoms with E-state index in [1.165, 1.54) is 6.39 Å². The maximum Gasteiger partial charge on any atom is 0.360 e. The molecule has 5 heteroatoms. The van der Waals surface area contributed by atoms with Crippen LogP contribution in [0.3, 0.4) is 0 Å². The Morgan fingerprint density at radius 2 is 2.25 bits per heavy atom. The Hall–Kier alpha value is -1.36. The van der Waals surface area contributed by atoms with Crippen molar-refractivity contribution in [1.29, 1.82) is 0 Å². The van der Waals surface area contributed by atoms with Gasteiger partial charge in [0.15, 0.2) is 12.1 Å². The number of aromatic nitrogens is 1. The highest BCUT2D eigenvalue weighted by Gasteiger charge is 2.17. The molecule has 0 saturated carbocycles. The van der Waals surface area contributed by atoms with E-state index < -0.39 is 5.97 Å². The molecule has 0 bridgehead atoms. The van der Waals surface area contributed by atoms with E-state index in [1.807, 2.05) is 6.92 Å². The molecule has 0 aliphatic heterocycles. The van der Waals surface area contributed by atoms with Crippen LogP contribution in [0, 0.1) is 0 Å². The topological polar surface area (TPSA) is 61.6 Å². The Kier molecular flexibility index (Phi) is 5.56. The molecule has 5 nitrogen and oxygen atoms in total. The highest BCUT2D eigenvalue weighted by atomic mass is 16.5. The van der Waals surface area contributed by atoms with Gasteiger partial charge in [-0.15, -0.1) is 0 Å². The van der Waals surface area contributed by atoms with Crippen molar-refractivity contribution in [3.63, 3.8) is 0 Å². The zero-order chi connectivity index (χ0) is 11.8. The van der Waals surface area contributed by atoms with Crippen molar-refractivity contribution in [2.24, 2.45) is 0 Å². The fourth-order valence-electron chi connectivity index (χ4n) is 1.23. The monoisotopic (exact) mass is 227 g/mol. The van der Waals surface area contributed by atoms with Gasteiger partial charge in [-0.3, -0.25) is 0 Å². The van der Waals surface area contributed by atoms with Gasteiger partial charge in [-0.1, -0.05) is 6.92 Å². The van der Waals surface area contributed by atoms with Gasteiger partial charge in [0, 0.05) is 13.0 Å². The minimum absolute atomic E-state index is 0.252. The maximum atomic E-state index is 11.4. The second kappa shape index (κ2) is 7.00. The molecule has 1 heterocycles. The molecule has 0 aliphatic rings. The normalized spacial score (nSPS) is 10.4. The van der Waals surface area contributed by atoms with Gasteiger partial charge in [-0.25, -0.2) is 9.78 Å². The van der Waals surface area contributed by atoms with Gasteiger partial charge in [0.2, 0.25) is 0 Å². The molecule has 0 atom stereocenters. The number of hydrogen-bond acceptors (Lipinski definition) is 5. The fourth-order valence-corrected chi connectivity index (χ4v) is 1.23. The van der Waals surface area contributed by atoms with Crippen LogP contribution < -0.4 is 0 Å². The van der Waals surface area contributed by atoms with Crippen LogP contribution in [-0.4, -0.2) is 30.8 Å². The third kappa shape index (κ3) is 3.66. The van der Waals surface area contributed by atoms with Crippen molar-refractivity contribution in [2.45, 2.75) is 26.7 Å². The van der Waals surface area contributed by atoms with E-state index in [0.29, 0.717) is 32.0 Å². The first-order valence-electron chi connectivity index (χ1n) is 5.46. The van der Waals surface area contributed by atoms with Gasteiger partial charge in [-0.05, 0) is 13.3 Å². The van der Waals surface area contributed by atoms with Gasteiger partial charge in [0.05, 0.1) is 13.2 Å². The maximum absolute atomic E-state index is 11.4. The lowest BCUT2D eigenvalue weighted by atomic mass is 10.3. The summed E-state index contributed by atoms with van der Waals surface area (Å²) in [5.74, 6) is 0.0799. The Balaban J connectivity index is 2.47.